The van der Waals surface area contributed by atoms with Crippen molar-refractivity contribution in [2.45, 2.75) is 51.0 Å². The maximum Gasteiger partial charge on any atom is 0.305 e. The number of carbonyl (C=O) groups excluding carboxylic acids is 2. The first-order chi connectivity index (χ1) is 17.4. The molecule has 0 aromatic heterocycles. The van der Waals surface area contributed by atoms with Gasteiger partial charge < -0.3 is 30.1 Å². The molecule has 0 spiro atoms. The predicted octanol–water partition coefficient (Wildman–Crippen LogP) is 2.39. The number of methoxy groups -OCH3 is 2. The van der Waals surface area contributed by atoms with Gasteiger partial charge in [0.1, 0.15) is 0 Å². The Morgan fingerprint density at radius 1 is 1.17 bits per heavy atom. The molecule has 2 aliphatic heterocycles. The molecule has 0 unspecified atom stereocenters. The van der Waals surface area contributed by atoms with E-state index in [-0.39, 0.29) is 24.2 Å². The van der Waals surface area contributed by atoms with E-state index in [9.17, 15) is 19.5 Å². The van der Waals surface area contributed by atoms with Gasteiger partial charge in [0.25, 0.3) is 0 Å². The highest BCUT2D eigenvalue weighted by Crippen LogP contribution is 2.28. The molecule has 2 fully saturated rings. The molecule has 2 aliphatic rings. The summed E-state index contributed by atoms with van der Waals surface area (Å²) >= 11 is 0. The quantitative estimate of drug-likeness (QED) is 0.399. The summed E-state index contributed by atoms with van der Waals surface area (Å²) in [6.45, 7) is 2.94. The van der Waals surface area contributed by atoms with Gasteiger partial charge in [-0.2, -0.15) is 0 Å². The van der Waals surface area contributed by atoms with Gasteiger partial charge in [-0.25, -0.2) is 0 Å². The van der Waals surface area contributed by atoms with Gasteiger partial charge in [0, 0.05) is 19.1 Å². The van der Waals surface area contributed by atoms with Crippen LogP contribution in [0.25, 0.3) is 0 Å². The van der Waals surface area contributed by atoms with Gasteiger partial charge in [-0.1, -0.05) is 12.1 Å². The van der Waals surface area contributed by atoms with E-state index in [1.807, 2.05) is 24.3 Å². The molecule has 0 bridgehead atoms. The van der Waals surface area contributed by atoms with E-state index in [0.717, 1.165) is 37.9 Å². The van der Waals surface area contributed by atoms with E-state index < -0.39 is 12.0 Å². The molecule has 9 nitrogen and oxygen atoms in total. The lowest BCUT2D eigenvalue weighted by molar-refractivity contribution is -0.138. The summed E-state index contributed by atoms with van der Waals surface area (Å²) in [6.07, 6.45) is 8.05. The number of amides is 2. The van der Waals surface area contributed by atoms with Crippen molar-refractivity contribution in [3.63, 3.8) is 0 Å². The third-order valence-corrected chi connectivity index (χ3v) is 7.00. The smallest absolute Gasteiger partial charge is 0.305 e. The lowest BCUT2D eigenvalue weighted by Gasteiger charge is -2.32. The molecule has 2 saturated heterocycles. The summed E-state index contributed by atoms with van der Waals surface area (Å²) < 4.78 is 10.6. The van der Waals surface area contributed by atoms with Crippen molar-refractivity contribution in [2.75, 3.05) is 40.4 Å². The molecule has 2 amide bonds. The van der Waals surface area contributed by atoms with Crippen molar-refractivity contribution in [3.05, 3.63) is 35.9 Å². The summed E-state index contributed by atoms with van der Waals surface area (Å²) in [5.41, 5.74) is 0.965. The van der Waals surface area contributed by atoms with Gasteiger partial charge >= 0.3 is 5.97 Å². The number of likely N-dealkylation sites (tertiary alicyclic amines) is 1. The lowest BCUT2D eigenvalue weighted by atomic mass is 9.95. The number of allylic oxidation sites excluding steroid dienone is 1. The topological polar surface area (TPSA) is 117 Å². The van der Waals surface area contributed by atoms with Gasteiger partial charge in [0.15, 0.2) is 11.5 Å². The molecule has 198 valence electrons. The van der Waals surface area contributed by atoms with Crippen LogP contribution in [-0.2, 0) is 20.8 Å². The van der Waals surface area contributed by atoms with Crippen molar-refractivity contribution in [1.82, 2.24) is 15.5 Å². The van der Waals surface area contributed by atoms with Crippen molar-refractivity contribution in [3.8, 4) is 11.5 Å². The van der Waals surface area contributed by atoms with Crippen LogP contribution in [0.2, 0.25) is 0 Å². The fourth-order valence-electron chi connectivity index (χ4n) is 4.88. The van der Waals surface area contributed by atoms with Gasteiger partial charge in [-0.05, 0) is 81.3 Å². The van der Waals surface area contributed by atoms with Crippen molar-refractivity contribution < 1.29 is 29.0 Å². The van der Waals surface area contributed by atoms with Crippen molar-refractivity contribution >= 4 is 17.8 Å². The number of nitrogens with zero attached hydrogens (tertiary/aromatic N) is 1. The van der Waals surface area contributed by atoms with Crippen LogP contribution in [0.4, 0.5) is 0 Å². The van der Waals surface area contributed by atoms with E-state index in [2.05, 4.69) is 10.6 Å². The predicted molar refractivity (Wildman–Crippen MR) is 136 cm³/mol. The van der Waals surface area contributed by atoms with E-state index in [1.165, 1.54) is 0 Å². The molecule has 9 heteroatoms. The van der Waals surface area contributed by atoms with Crippen LogP contribution in [0, 0.1) is 11.8 Å². The first-order valence-corrected chi connectivity index (χ1v) is 12.8. The summed E-state index contributed by atoms with van der Waals surface area (Å²) in [6, 6.07) is 5.07. The van der Waals surface area contributed by atoms with Gasteiger partial charge in [-0.15, -0.1) is 0 Å². The van der Waals surface area contributed by atoms with Crippen LogP contribution in [0.3, 0.4) is 0 Å². The summed E-state index contributed by atoms with van der Waals surface area (Å²) in [5.74, 6) is 0.105. The Balaban J connectivity index is 1.55. The molecule has 1 aromatic carbocycles. The molecule has 0 saturated carbocycles. The second-order valence-electron chi connectivity index (χ2n) is 9.60. The summed E-state index contributed by atoms with van der Waals surface area (Å²) in [4.78, 5) is 39.0. The van der Waals surface area contributed by atoms with Crippen LogP contribution in [0.15, 0.2) is 30.4 Å². The molecule has 0 radical (unpaired) electrons. The lowest BCUT2D eigenvalue weighted by Crippen LogP contribution is -2.47. The Bertz CT molecular complexity index is 928. The monoisotopic (exact) mass is 501 g/mol. The Morgan fingerprint density at radius 3 is 2.61 bits per heavy atom. The average molecular weight is 502 g/mol. The Kier molecular flexibility index (Phi) is 10.6. The van der Waals surface area contributed by atoms with Gasteiger partial charge in [-0.3, -0.25) is 14.4 Å². The molecule has 3 rings (SSSR count). The minimum atomic E-state index is -0.962. The van der Waals surface area contributed by atoms with E-state index in [1.54, 1.807) is 25.2 Å². The number of aryl methyl sites for hydroxylation is 1. The number of carbonyl (C=O) groups is 3. The van der Waals surface area contributed by atoms with Crippen LogP contribution < -0.4 is 20.1 Å². The molecular weight excluding hydrogens is 462 g/mol. The maximum atomic E-state index is 13.1. The Hall–Kier alpha value is -3.07. The second kappa shape index (κ2) is 13.9. The third kappa shape index (κ3) is 8.26. The number of hydrogen-bond donors (Lipinski definition) is 3. The Morgan fingerprint density at radius 2 is 1.92 bits per heavy atom. The molecular formula is C27H39N3O6. The average Bonchev–Trinajstić information content (AvgIpc) is 2.90. The number of rotatable bonds is 11. The van der Waals surface area contributed by atoms with Crippen molar-refractivity contribution in [1.29, 1.82) is 0 Å². The van der Waals surface area contributed by atoms with Crippen LogP contribution in [0.5, 0.6) is 11.5 Å². The normalized spacial score (nSPS) is 19.6. The second-order valence-corrected chi connectivity index (χ2v) is 9.60. The number of benzene rings is 1. The van der Waals surface area contributed by atoms with Crippen LogP contribution in [0.1, 0.15) is 44.1 Å². The highest BCUT2D eigenvalue weighted by molar-refractivity contribution is 5.88. The first-order valence-electron chi connectivity index (χ1n) is 12.8. The van der Waals surface area contributed by atoms with Crippen LogP contribution >= 0.6 is 0 Å². The van der Waals surface area contributed by atoms with E-state index in [0.29, 0.717) is 49.8 Å². The maximum absolute atomic E-state index is 13.1. The van der Waals surface area contributed by atoms with Gasteiger partial charge in [0.05, 0.1) is 26.6 Å². The fourth-order valence-corrected chi connectivity index (χ4v) is 4.88. The number of hydrogen-bond acceptors (Lipinski definition) is 6. The molecule has 2 atom stereocenters. The molecule has 3 N–H and O–H groups in total. The minimum Gasteiger partial charge on any atom is -0.493 e. The Labute approximate surface area is 213 Å². The van der Waals surface area contributed by atoms with E-state index in [4.69, 9.17) is 9.47 Å². The zero-order chi connectivity index (χ0) is 25.9. The number of nitrogens with one attached hydrogen (secondary N) is 2. The number of piperidine rings is 2. The summed E-state index contributed by atoms with van der Waals surface area (Å²) in [5, 5.41) is 15.6. The largest absolute Gasteiger partial charge is 0.493 e. The molecule has 0 aliphatic carbocycles. The van der Waals surface area contributed by atoms with Gasteiger partial charge in [0.2, 0.25) is 11.8 Å². The number of carboxylic acids is 1. The zero-order valence-corrected chi connectivity index (χ0v) is 21.3. The fraction of sp³-hybridized carbons (Fsp3) is 0.593. The molecule has 1 aromatic rings. The highest BCUT2D eigenvalue weighted by Gasteiger charge is 2.29. The SMILES string of the molecule is COc1ccc(CC[C@H](CC(=O)O)NC(=O)[C@@H]2CCCN(C(=O)/C=C/C3CCNCC3)C2)cc1OC. The summed E-state index contributed by atoms with van der Waals surface area (Å²) in [7, 11) is 3.14. The third-order valence-electron chi connectivity index (χ3n) is 7.00. The standard InChI is InChI=1S/C27H39N3O6/c1-35-23-9-6-20(16-24(23)36-2)5-8-22(17-26(32)33)29-27(34)21-4-3-15-30(18-21)25(31)10-7-19-11-13-28-14-12-19/h6-7,9-10,16,19,21-22,28H,3-5,8,11-15,17-18H2,1-2H3,(H,29,34)(H,32,33)/b10-7+/t21-,22-/m1/s1. The molecule has 36 heavy (non-hydrogen) atoms. The minimum absolute atomic E-state index is 0.0541. The number of carboxylic acid groups (broad SMARTS) is 1. The number of aliphatic carboxylic acids is 1. The number of ether oxygens (including phenoxy) is 2. The van der Waals surface area contributed by atoms with E-state index >= 15 is 0 Å². The van der Waals surface area contributed by atoms with Crippen LogP contribution in [-0.4, -0.2) is 74.2 Å². The molecule has 2 heterocycles. The zero-order valence-electron chi connectivity index (χ0n) is 21.3. The first kappa shape index (κ1) is 27.5. The highest BCUT2D eigenvalue weighted by atomic mass is 16.5. The van der Waals surface area contributed by atoms with Crippen molar-refractivity contribution in [2.24, 2.45) is 11.8 Å².